The third-order valence-corrected chi connectivity index (χ3v) is 18.3. The van der Waals surface area contributed by atoms with E-state index in [4.69, 9.17) is 0 Å². The summed E-state index contributed by atoms with van der Waals surface area (Å²) in [6, 6.07) is 65.6. The quantitative estimate of drug-likeness (QED) is 0.173. The lowest BCUT2D eigenvalue weighted by Gasteiger charge is -2.26. The molecule has 0 N–H and O–H groups in total. The molecular weight excluding hydrogens is 1020 g/mol. The summed E-state index contributed by atoms with van der Waals surface area (Å²) < 4.78 is 10.0. The minimum atomic E-state index is -0.118. The Balaban J connectivity index is 1.40. The lowest BCUT2D eigenvalue weighted by molar-refractivity contribution is 0.590. The molecule has 0 amide bonds. The molecule has 0 bridgehead atoms. The van der Waals surface area contributed by atoms with Crippen LogP contribution in [-0.2, 0) is 32.5 Å². The molecule has 0 aliphatic carbocycles. The highest BCUT2D eigenvalue weighted by Gasteiger charge is 2.35. The van der Waals surface area contributed by atoms with Gasteiger partial charge < -0.3 is 18.3 Å². The molecule has 4 aromatic heterocycles. The molecule has 0 saturated heterocycles. The van der Waals surface area contributed by atoms with E-state index in [0.29, 0.717) is 5.56 Å². The Hall–Kier alpha value is -8.33. The molecule has 0 aliphatic heterocycles. The zero-order valence-corrected chi connectivity index (χ0v) is 52.8. The van der Waals surface area contributed by atoms with Gasteiger partial charge >= 0.3 is 0 Å². The summed E-state index contributed by atoms with van der Waals surface area (Å²) >= 11 is 0. The third kappa shape index (κ3) is 8.44. The van der Waals surface area contributed by atoms with Gasteiger partial charge in [0.2, 0.25) is 0 Å². The SMILES string of the molecule is CC(C)(C)c1ccc2c(c1)c1cc(C(C)(C)C)ccc1n2-c1c(-n2c3ccc(C(C)(C)C)cc3c3cc(C(C)(C)C)ccc32)c(C#N)c2c(c1-n1c3ccc(C(C)(C)C)cc3c3cc(C(C)(C)C)ccc31)c1ccccc1n2-c1ccccc1. The number of hydrogen-bond donors (Lipinski definition) is 0. The highest BCUT2D eigenvalue weighted by atomic mass is 15.1. The van der Waals surface area contributed by atoms with E-state index in [1.807, 2.05) is 0 Å². The van der Waals surface area contributed by atoms with Crippen LogP contribution in [0.15, 0.2) is 164 Å². The predicted molar refractivity (Wildman–Crippen MR) is 361 cm³/mol. The first-order valence-corrected chi connectivity index (χ1v) is 30.3. The number of fused-ring (bicyclic) bond motifs is 12. The van der Waals surface area contributed by atoms with Crippen LogP contribution < -0.4 is 0 Å². The van der Waals surface area contributed by atoms with Crippen LogP contribution in [-0.4, -0.2) is 18.3 Å². The average Bonchev–Trinajstić information content (AvgIpc) is 1.59. The number of nitriles is 1. The van der Waals surface area contributed by atoms with Crippen molar-refractivity contribution in [2.75, 3.05) is 0 Å². The molecule has 0 unspecified atom stereocenters. The van der Waals surface area contributed by atoms with E-state index < -0.39 is 0 Å². The molecule has 0 spiro atoms. The van der Waals surface area contributed by atoms with Gasteiger partial charge in [0.1, 0.15) is 11.6 Å². The van der Waals surface area contributed by atoms with Gasteiger partial charge in [0.05, 0.1) is 61.2 Å². The smallest absolute Gasteiger partial charge is 0.104 e. The second-order valence-electron chi connectivity index (χ2n) is 30.3. The Bertz CT molecular complexity index is 4720. The Labute approximate surface area is 496 Å². The fourth-order valence-corrected chi connectivity index (χ4v) is 13.4. The highest BCUT2D eigenvalue weighted by Crippen LogP contribution is 2.52. The van der Waals surface area contributed by atoms with Crippen LogP contribution in [0.5, 0.6) is 0 Å². The summed E-state index contributed by atoms with van der Waals surface area (Å²) in [5.41, 5.74) is 19.7. The lowest BCUT2D eigenvalue weighted by atomic mass is 9.85. The molecule has 0 fully saturated rings. The maximum atomic E-state index is 12.8. The summed E-state index contributed by atoms with van der Waals surface area (Å²) in [5, 5.41) is 22.0. The Morgan fingerprint density at radius 2 is 0.548 bits per heavy atom. The van der Waals surface area contributed by atoms with Gasteiger partial charge in [0.15, 0.2) is 0 Å². The third-order valence-electron chi connectivity index (χ3n) is 18.3. The van der Waals surface area contributed by atoms with Crippen molar-refractivity contribution in [2.24, 2.45) is 0 Å². The lowest BCUT2D eigenvalue weighted by Crippen LogP contribution is -2.14. The maximum Gasteiger partial charge on any atom is 0.104 e. The molecule has 0 saturated carbocycles. The van der Waals surface area contributed by atoms with Gasteiger partial charge in [-0.05, 0) is 157 Å². The standard InChI is InChI=1S/C79H81N5/c1-74(2,3)47-28-34-63-55(40-47)56-41-48(75(4,5)6)29-35-64(56)82(63)71-61(46-80)70-69(54-26-22-23-27-62(54)81(70)53-24-20-19-21-25-53)72(83-65-36-30-49(76(7,8)9)42-57(65)58-43-50(77(10,11)12)31-37-66(58)83)73(71)84-67-38-32-51(78(13,14)15)44-59(67)60-45-52(79(16,17)18)33-39-68(60)84/h19-45H,1-18H3. The van der Waals surface area contributed by atoms with Gasteiger partial charge in [0, 0.05) is 48.8 Å². The van der Waals surface area contributed by atoms with Gasteiger partial charge in [0.25, 0.3) is 0 Å². The number of nitrogens with zero attached hydrogens (tertiary/aromatic N) is 5. The predicted octanol–water partition coefficient (Wildman–Crippen LogP) is 21.7. The number of benzene rings is 9. The van der Waals surface area contributed by atoms with Crippen molar-refractivity contribution in [3.05, 3.63) is 203 Å². The monoisotopic (exact) mass is 1100 g/mol. The summed E-state index contributed by atoms with van der Waals surface area (Å²) in [7, 11) is 0. The zero-order chi connectivity index (χ0) is 59.7. The fraction of sp³-hybridized carbons (Fsp3) is 0.304. The average molecular weight is 1100 g/mol. The van der Waals surface area contributed by atoms with Crippen LogP contribution in [0, 0.1) is 11.3 Å². The van der Waals surface area contributed by atoms with E-state index in [-0.39, 0.29) is 32.5 Å². The first kappa shape index (κ1) is 54.9. The van der Waals surface area contributed by atoms with Gasteiger partial charge in [-0.15, -0.1) is 0 Å². The maximum absolute atomic E-state index is 12.8. The molecule has 0 aliphatic rings. The van der Waals surface area contributed by atoms with Crippen LogP contribution in [0.25, 0.3) is 110 Å². The van der Waals surface area contributed by atoms with E-state index in [0.717, 1.165) is 88.4 Å². The number of rotatable bonds is 4. The highest BCUT2D eigenvalue weighted by molar-refractivity contribution is 6.23. The van der Waals surface area contributed by atoms with E-state index >= 15 is 0 Å². The van der Waals surface area contributed by atoms with Crippen LogP contribution in [0.2, 0.25) is 0 Å². The van der Waals surface area contributed by atoms with Crippen LogP contribution in [0.1, 0.15) is 164 Å². The minimum Gasteiger partial charge on any atom is -0.308 e. The largest absolute Gasteiger partial charge is 0.308 e. The van der Waals surface area contributed by atoms with Crippen molar-refractivity contribution in [1.82, 2.24) is 18.3 Å². The van der Waals surface area contributed by atoms with Crippen molar-refractivity contribution in [3.8, 4) is 28.8 Å². The molecule has 4 heterocycles. The molecule has 422 valence electrons. The molecule has 5 nitrogen and oxygen atoms in total. The Kier molecular flexibility index (Phi) is 12.0. The molecule has 0 radical (unpaired) electrons. The molecule has 13 aromatic rings. The zero-order valence-electron chi connectivity index (χ0n) is 52.8. The van der Waals surface area contributed by atoms with Crippen molar-refractivity contribution >= 4 is 87.2 Å². The summed E-state index contributed by atoms with van der Waals surface area (Å²) in [6.07, 6.45) is 0. The first-order valence-electron chi connectivity index (χ1n) is 30.3. The summed E-state index contributed by atoms with van der Waals surface area (Å²) in [5.74, 6) is 0. The molecule has 5 heteroatoms. The van der Waals surface area contributed by atoms with E-state index in [9.17, 15) is 5.26 Å². The van der Waals surface area contributed by atoms with Crippen molar-refractivity contribution < 1.29 is 0 Å². The van der Waals surface area contributed by atoms with Crippen molar-refractivity contribution in [1.29, 1.82) is 5.26 Å². The van der Waals surface area contributed by atoms with Crippen LogP contribution in [0.4, 0.5) is 0 Å². The van der Waals surface area contributed by atoms with Gasteiger partial charge in [-0.2, -0.15) is 5.26 Å². The van der Waals surface area contributed by atoms with Gasteiger partial charge in [-0.25, -0.2) is 0 Å². The summed E-state index contributed by atoms with van der Waals surface area (Å²) in [6.45, 7) is 41.7. The van der Waals surface area contributed by atoms with E-state index in [2.05, 4.69) is 313 Å². The molecular formula is C79H81N5. The Morgan fingerprint density at radius 3 is 0.857 bits per heavy atom. The van der Waals surface area contributed by atoms with Gasteiger partial charge in [-0.1, -0.05) is 197 Å². The van der Waals surface area contributed by atoms with Gasteiger partial charge in [-0.3, -0.25) is 0 Å². The number of hydrogen-bond acceptors (Lipinski definition) is 1. The molecule has 0 atom stereocenters. The van der Waals surface area contributed by atoms with E-state index in [1.54, 1.807) is 0 Å². The molecule has 13 rings (SSSR count). The topological polar surface area (TPSA) is 43.5 Å². The van der Waals surface area contributed by atoms with Crippen molar-refractivity contribution in [2.45, 2.75) is 157 Å². The number of para-hydroxylation sites is 2. The second kappa shape index (κ2) is 18.3. The second-order valence-corrected chi connectivity index (χ2v) is 30.3. The van der Waals surface area contributed by atoms with Crippen LogP contribution >= 0.6 is 0 Å². The van der Waals surface area contributed by atoms with Crippen molar-refractivity contribution in [3.63, 3.8) is 0 Å². The normalized spacial score (nSPS) is 13.3. The fourth-order valence-electron chi connectivity index (χ4n) is 13.4. The molecule has 84 heavy (non-hydrogen) atoms. The van der Waals surface area contributed by atoms with E-state index in [1.165, 1.54) is 54.9 Å². The molecule has 9 aromatic carbocycles. The first-order chi connectivity index (χ1) is 39.4. The van der Waals surface area contributed by atoms with Crippen LogP contribution in [0.3, 0.4) is 0 Å². The Morgan fingerprint density at radius 1 is 0.274 bits per heavy atom. The number of aromatic nitrogens is 4. The minimum absolute atomic E-state index is 0.107. The summed E-state index contributed by atoms with van der Waals surface area (Å²) in [4.78, 5) is 0.